The molecule has 0 aliphatic rings. The minimum absolute atomic E-state index is 0.0464. The number of nitrogens with one attached hydrogen (secondary N) is 1. The molecule has 0 unspecified atom stereocenters. The molecule has 0 fully saturated rings. The highest BCUT2D eigenvalue weighted by atomic mass is 32.2. The summed E-state index contributed by atoms with van der Waals surface area (Å²) in [6.07, 6.45) is 3.31. The number of sulfonamides is 1. The maximum atomic E-state index is 12.4. The van der Waals surface area contributed by atoms with Crippen LogP contribution in [0.4, 0.5) is 0 Å². The molecule has 8 nitrogen and oxygen atoms in total. The molecule has 9 heteroatoms. The second-order valence-electron chi connectivity index (χ2n) is 5.85. The Kier molecular flexibility index (Phi) is 5.01. The zero-order valence-electron chi connectivity index (χ0n) is 14.5. The van der Waals surface area contributed by atoms with Crippen LogP contribution in [0.5, 0.6) is 0 Å². The van der Waals surface area contributed by atoms with Crippen LogP contribution in [0.3, 0.4) is 0 Å². The van der Waals surface area contributed by atoms with Gasteiger partial charge in [-0.25, -0.2) is 22.5 Å². The third-order valence-corrected chi connectivity index (χ3v) is 5.45. The first-order valence-electron chi connectivity index (χ1n) is 8.02. The van der Waals surface area contributed by atoms with E-state index in [1.165, 1.54) is 15.4 Å². The van der Waals surface area contributed by atoms with Gasteiger partial charge in [0.25, 0.3) is 5.56 Å². The van der Waals surface area contributed by atoms with Gasteiger partial charge in [0.05, 0.1) is 11.4 Å². The summed E-state index contributed by atoms with van der Waals surface area (Å²) < 4.78 is 30.0. The minimum Gasteiger partial charge on any atom is -0.268 e. The lowest BCUT2D eigenvalue weighted by molar-refractivity contribution is 0.542. The lowest BCUT2D eigenvalue weighted by Gasteiger charge is -2.10. The summed E-state index contributed by atoms with van der Waals surface area (Å²) in [7, 11) is -3.65. The van der Waals surface area contributed by atoms with Crippen molar-refractivity contribution in [3.05, 3.63) is 70.3 Å². The van der Waals surface area contributed by atoms with Gasteiger partial charge < -0.3 is 0 Å². The normalized spacial score (nSPS) is 11.6. The van der Waals surface area contributed by atoms with Crippen molar-refractivity contribution in [2.75, 3.05) is 6.54 Å². The molecule has 0 aliphatic carbocycles. The largest absolute Gasteiger partial charge is 0.268 e. The van der Waals surface area contributed by atoms with Gasteiger partial charge in [0.2, 0.25) is 10.0 Å². The maximum absolute atomic E-state index is 12.4. The molecule has 0 spiro atoms. The van der Waals surface area contributed by atoms with Crippen LogP contribution in [0.2, 0.25) is 0 Å². The van der Waals surface area contributed by atoms with E-state index in [0.29, 0.717) is 5.82 Å². The maximum Gasteiger partial charge on any atom is 0.266 e. The molecule has 26 heavy (non-hydrogen) atoms. The molecule has 0 radical (unpaired) electrons. The Balaban J connectivity index is 1.72. The Labute approximate surface area is 151 Å². The van der Waals surface area contributed by atoms with E-state index in [1.54, 1.807) is 42.7 Å². The van der Waals surface area contributed by atoms with E-state index < -0.39 is 10.0 Å². The van der Waals surface area contributed by atoms with E-state index >= 15 is 0 Å². The number of aromatic nitrogens is 4. The Hall–Kier alpha value is -2.78. The Morgan fingerprint density at radius 2 is 1.92 bits per heavy atom. The van der Waals surface area contributed by atoms with Crippen molar-refractivity contribution in [2.24, 2.45) is 0 Å². The van der Waals surface area contributed by atoms with Gasteiger partial charge in [0, 0.05) is 25.0 Å². The molecule has 1 aromatic carbocycles. The van der Waals surface area contributed by atoms with Gasteiger partial charge in [-0.2, -0.15) is 5.10 Å². The fourth-order valence-electron chi connectivity index (χ4n) is 2.38. The van der Waals surface area contributed by atoms with Crippen LogP contribution in [0, 0.1) is 13.8 Å². The van der Waals surface area contributed by atoms with Crippen LogP contribution in [0.1, 0.15) is 11.1 Å². The second-order valence-corrected chi connectivity index (χ2v) is 7.61. The van der Waals surface area contributed by atoms with Crippen LogP contribution in [-0.2, 0) is 16.6 Å². The highest BCUT2D eigenvalue weighted by Crippen LogP contribution is 2.14. The number of hydrogen-bond donors (Lipinski definition) is 1. The molecular weight excluding hydrogens is 354 g/mol. The van der Waals surface area contributed by atoms with Crippen molar-refractivity contribution in [2.45, 2.75) is 25.3 Å². The van der Waals surface area contributed by atoms with Gasteiger partial charge in [-0.3, -0.25) is 4.79 Å². The van der Waals surface area contributed by atoms with Crippen LogP contribution >= 0.6 is 0 Å². The molecule has 0 aliphatic heterocycles. The number of benzene rings is 1. The van der Waals surface area contributed by atoms with Gasteiger partial charge >= 0.3 is 0 Å². The van der Waals surface area contributed by atoms with Crippen LogP contribution in [0.15, 0.2) is 58.5 Å². The smallest absolute Gasteiger partial charge is 0.266 e. The Morgan fingerprint density at radius 3 is 2.62 bits per heavy atom. The Bertz CT molecular complexity index is 1070. The van der Waals surface area contributed by atoms with Gasteiger partial charge in [-0.05, 0) is 49.2 Å². The SMILES string of the molecule is Cc1ccc(S(=O)(=O)NCCn2nc(-n3cccn3)ccc2=O)cc1C. The number of nitrogens with zero attached hydrogens (tertiary/aromatic N) is 4. The van der Waals surface area contributed by atoms with E-state index in [0.717, 1.165) is 11.1 Å². The predicted octanol–water partition coefficient (Wildman–Crippen LogP) is 1.02. The van der Waals surface area contributed by atoms with Crippen molar-refractivity contribution in [3.8, 4) is 5.82 Å². The van der Waals surface area contributed by atoms with Gasteiger partial charge in [-0.1, -0.05) is 6.07 Å². The van der Waals surface area contributed by atoms with E-state index in [1.807, 2.05) is 13.8 Å². The second kappa shape index (κ2) is 7.22. The summed E-state index contributed by atoms with van der Waals surface area (Å²) >= 11 is 0. The van der Waals surface area contributed by atoms with Crippen LogP contribution < -0.4 is 10.3 Å². The van der Waals surface area contributed by atoms with Gasteiger partial charge in [0.1, 0.15) is 0 Å². The molecule has 0 saturated heterocycles. The summed E-state index contributed by atoms with van der Waals surface area (Å²) in [5, 5.41) is 8.26. The van der Waals surface area contributed by atoms with Crippen molar-refractivity contribution in [1.29, 1.82) is 0 Å². The summed E-state index contributed by atoms with van der Waals surface area (Å²) in [6, 6.07) is 9.64. The number of aryl methyl sites for hydroxylation is 2. The molecule has 3 aromatic rings. The molecule has 2 aromatic heterocycles. The highest BCUT2D eigenvalue weighted by molar-refractivity contribution is 7.89. The van der Waals surface area contributed by atoms with E-state index in [2.05, 4.69) is 14.9 Å². The van der Waals surface area contributed by atoms with Crippen molar-refractivity contribution >= 4 is 10.0 Å². The number of rotatable bonds is 6. The topological polar surface area (TPSA) is 98.9 Å². The molecule has 3 rings (SSSR count). The average molecular weight is 373 g/mol. The molecule has 0 atom stereocenters. The zero-order valence-corrected chi connectivity index (χ0v) is 15.3. The highest BCUT2D eigenvalue weighted by Gasteiger charge is 2.14. The fraction of sp³-hybridized carbons (Fsp3) is 0.235. The van der Waals surface area contributed by atoms with Crippen molar-refractivity contribution in [1.82, 2.24) is 24.3 Å². The molecule has 0 saturated carbocycles. The average Bonchev–Trinajstić information content (AvgIpc) is 3.13. The lowest BCUT2D eigenvalue weighted by Crippen LogP contribution is -2.32. The van der Waals surface area contributed by atoms with Crippen LogP contribution in [0.25, 0.3) is 5.82 Å². The summed E-state index contributed by atoms with van der Waals surface area (Å²) in [4.78, 5) is 12.1. The molecular formula is C17H19N5O3S. The molecule has 136 valence electrons. The Morgan fingerprint density at radius 1 is 1.12 bits per heavy atom. The standard InChI is InChI=1S/C17H19N5O3S/c1-13-4-5-15(12-14(13)2)26(24,25)19-9-11-22-17(23)7-6-16(20-22)21-10-3-8-18-21/h3-8,10,12,19H,9,11H2,1-2H3. The van der Waals surface area contributed by atoms with E-state index in [-0.39, 0.29) is 23.5 Å². The molecule has 0 amide bonds. The third-order valence-electron chi connectivity index (χ3n) is 4.00. The fourth-order valence-corrected chi connectivity index (χ4v) is 3.48. The van der Waals surface area contributed by atoms with E-state index in [4.69, 9.17) is 0 Å². The molecule has 0 bridgehead atoms. The van der Waals surface area contributed by atoms with Crippen molar-refractivity contribution in [3.63, 3.8) is 0 Å². The quantitative estimate of drug-likeness (QED) is 0.696. The first-order chi connectivity index (χ1) is 12.4. The first-order valence-corrected chi connectivity index (χ1v) is 9.50. The lowest BCUT2D eigenvalue weighted by atomic mass is 10.1. The van der Waals surface area contributed by atoms with Crippen LogP contribution in [-0.4, -0.2) is 34.5 Å². The van der Waals surface area contributed by atoms with E-state index in [9.17, 15) is 13.2 Å². The summed E-state index contributed by atoms with van der Waals surface area (Å²) in [5.74, 6) is 0.478. The monoisotopic (exact) mass is 373 g/mol. The van der Waals surface area contributed by atoms with Gasteiger partial charge in [0.15, 0.2) is 5.82 Å². The van der Waals surface area contributed by atoms with Crippen molar-refractivity contribution < 1.29 is 8.42 Å². The third kappa shape index (κ3) is 3.89. The summed E-state index contributed by atoms with van der Waals surface area (Å²) in [6.45, 7) is 3.94. The molecule has 2 heterocycles. The minimum atomic E-state index is -3.65. The summed E-state index contributed by atoms with van der Waals surface area (Å²) in [5.41, 5.74) is 1.61. The molecule has 1 N–H and O–H groups in total. The first kappa shape index (κ1) is 18.0. The zero-order chi connectivity index (χ0) is 18.7. The number of hydrogen-bond acceptors (Lipinski definition) is 5. The van der Waals surface area contributed by atoms with Gasteiger partial charge in [-0.15, -0.1) is 5.10 Å². The predicted molar refractivity (Wildman–Crippen MR) is 96.7 cm³/mol.